The quantitative estimate of drug-likeness (QED) is 0.330. The van der Waals surface area contributed by atoms with Gasteiger partial charge in [0.1, 0.15) is 0 Å². The summed E-state index contributed by atoms with van der Waals surface area (Å²) in [5.41, 5.74) is 4.47. The van der Waals surface area contributed by atoms with Crippen molar-refractivity contribution in [2.75, 3.05) is 0 Å². The maximum atomic E-state index is 9.22. The molecule has 4 N–H and O–H groups in total. The predicted octanol–water partition coefficient (Wildman–Crippen LogP) is -5.16. The molecule has 0 saturated carbocycles. The minimum Gasteiger partial charge on any atom is -1.00 e. The molecule has 0 aliphatic heterocycles. The summed E-state index contributed by atoms with van der Waals surface area (Å²) in [6.45, 7) is 1.31. The molecule has 0 rings (SSSR count). The van der Waals surface area contributed by atoms with Crippen molar-refractivity contribution in [3.05, 3.63) is 0 Å². The SMILES string of the molecule is CC(N)=O.O=[Si](O)O.[H-].[H-].[H-].[Mg+2].[Na+]. The molecule has 0 bridgehead atoms. The van der Waals surface area contributed by atoms with Crippen LogP contribution in [0.15, 0.2) is 0 Å². The van der Waals surface area contributed by atoms with Crippen molar-refractivity contribution in [1.82, 2.24) is 0 Å². The van der Waals surface area contributed by atoms with Crippen molar-refractivity contribution in [1.29, 1.82) is 0 Å². The molecule has 0 aromatic carbocycles. The van der Waals surface area contributed by atoms with E-state index in [1.165, 1.54) is 6.92 Å². The van der Waals surface area contributed by atoms with Gasteiger partial charge in [-0.05, 0) is 0 Å². The summed E-state index contributed by atoms with van der Waals surface area (Å²) in [6, 6.07) is 0. The molecule has 10 heavy (non-hydrogen) atoms. The first-order valence-electron chi connectivity index (χ1n) is 1.64. The minimum atomic E-state index is -3.13. The first kappa shape index (κ1) is 22.4. The number of carbonyl (C=O) groups excluding carboxylic acids is 1. The van der Waals surface area contributed by atoms with Crippen LogP contribution in [0.4, 0.5) is 0 Å². The van der Waals surface area contributed by atoms with Gasteiger partial charge in [0.15, 0.2) is 0 Å². The number of hydrogen-bond acceptors (Lipinski definition) is 2. The number of rotatable bonds is 0. The third-order valence-electron chi connectivity index (χ3n) is 0. The Morgan fingerprint density at radius 2 is 1.60 bits per heavy atom. The van der Waals surface area contributed by atoms with Gasteiger partial charge < -0.3 is 19.6 Å². The van der Waals surface area contributed by atoms with Crippen LogP contribution in [0, 0.1) is 0 Å². The van der Waals surface area contributed by atoms with Crippen LogP contribution < -0.4 is 35.3 Å². The fourth-order valence-electron chi connectivity index (χ4n) is 0. The molecule has 0 spiro atoms. The smallest absolute Gasteiger partial charge is 1.00 e. The second-order valence-electron chi connectivity index (χ2n) is 0.893. The van der Waals surface area contributed by atoms with E-state index in [0.717, 1.165) is 0 Å². The molecule has 0 aliphatic rings. The van der Waals surface area contributed by atoms with Gasteiger partial charge >= 0.3 is 61.8 Å². The average molecular weight is 187 g/mol. The molecule has 0 unspecified atom stereocenters. The van der Waals surface area contributed by atoms with E-state index in [1.54, 1.807) is 0 Å². The Morgan fingerprint density at radius 3 is 1.60 bits per heavy atom. The van der Waals surface area contributed by atoms with Gasteiger partial charge in [-0.1, -0.05) is 0 Å². The Morgan fingerprint density at radius 1 is 1.60 bits per heavy atom. The van der Waals surface area contributed by atoms with Gasteiger partial charge in [-0.25, -0.2) is 0 Å². The summed E-state index contributed by atoms with van der Waals surface area (Å²) in [5.74, 6) is -0.333. The molecule has 0 aliphatic carbocycles. The van der Waals surface area contributed by atoms with Crippen LogP contribution in [0.2, 0.25) is 0 Å². The van der Waals surface area contributed by atoms with Crippen LogP contribution in [0.3, 0.4) is 0 Å². The average Bonchev–Trinajstić information content (AvgIpc) is 1.25. The van der Waals surface area contributed by atoms with E-state index in [9.17, 15) is 4.79 Å². The summed E-state index contributed by atoms with van der Waals surface area (Å²) in [7, 11) is -3.13. The first-order chi connectivity index (χ1) is 3.46. The minimum absolute atomic E-state index is 0. The molecule has 0 aromatic rings. The van der Waals surface area contributed by atoms with Crippen molar-refractivity contribution in [3.8, 4) is 0 Å². The molecular formula is C2H10MgNNaO4Si. The molecule has 0 heterocycles. The van der Waals surface area contributed by atoms with Crippen molar-refractivity contribution in [2.24, 2.45) is 5.73 Å². The van der Waals surface area contributed by atoms with Gasteiger partial charge in [-0.2, -0.15) is 0 Å². The summed E-state index contributed by atoms with van der Waals surface area (Å²) < 4.78 is 8.74. The Hall–Kier alpha value is 0.853. The molecule has 54 valence electrons. The summed E-state index contributed by atoms with van der Waals surface area (Å²) in [6.07, 6.45) is 0. The normalized spacial score (nSPS) is 4.90. The maximum absolute atomic E-state index is 9.22. The van der Waals surface area contributed by atoms with E-state index in [2.05, 4.69) is 5.73 Å². The van der Waals surface area contributed by atoms with Gasteiger partial charge in [0.05, 0.1) is 0 Å². The van der Waals surface area contributed by atoms with E-state index in [1.807, 2.05) is 0 Å². The Balaban J connectivity index is -0.00000000800. The van der Waals surface area contributed by atoms with Crippen molar-refractivity contribution in [3.63, 3.8) is 0 Å². The van der Waals surface area contributed by atoms with E-state index >= 15 is 0 Å². The zero-order valence-corrected chi connectivity index (χ0v) is 10.4. The Bertz CT molecular complexity index is 91.4. The largest absolute Gasteiger partial charge is 2.00 e. The molecule has 8 heteroatoms. The molecule has 0 atom stereocenters. The number of hydrogen-bond donors (Lipinski definition) is 3. The third-order valence-corrected chi connectivity index (χ3v) is 0. The van der Waals surface area contributed by atoms with Crippen molar-refractivity contribution < 1.29 is 52.7 Å². The van der Waals surface area contributed by atoms with E-state index < -0.39 is 9.17 Å². The topological polar surface area (TPSA) is 101 Å². The van der Waals surface area contributed by atoms with Crippen LogP contribution in [-0.4, -0.2) is 47.7 Å². The Kier molecular flexibility index (Phi) is 36.9. The maximum Gasteiger partial charge on any atom is 2.00 e. The molecule has 1 amide bonds. The Labute approximate surface area is 103 Å². The molecule has 5 nitrogen and oxygen atoms in total. The van der Waals surface area contributed by atoms with Gasteiger partial charge in [-0.3, -0.25) is 9.26 Å². The van der Waals surface area contributed by atoms with Gasteiger partial charge in [0.2, 0.25) is 5.91 Å². The number of carbonyl (C=O) groups is 1. The van der Waals surface area contributed by atoms with Crippen LogP contribution in [0.1, 0.15) is 11.2 Å². The number of primary amides is 1. The van der Waals surface area contributed by atoms with E-state index in [4.69, 9.17) is 14.1 Å². The van der Waals surface area contributed by atoms with Gasteiger partial charge in [0.25, 0.3) is 0 Å². The molecular weight excluding hydrogens is 177 g/mol. The summed E-state index contributed by atoms with van der Waals surface area (Å²) in [4.78, 5) is 23.5. The monoisotopic (exact) mass is 187 g/mol. The standard InChI is InChI=1S/C2H5NO.Mg.Na.H2O3Si.3H/c1-2(3)4;;;1-4(2)3;;;/h1H3,(H2,3,4);;;1-2H;;;/q;+2;+1;;3*-1. The molecule has 0 fully saturated rings. The second kappa shape index (κ2) is 16.4. The molecule has 0 saturated heterocycles. The third kappa shape index (κ3) is 750. The zero-order valence-electron chi connectivity index (χ0n) is 9.00. The van der Waals surface area contributed by atoms with Crippen LogP contribution in [0.5, 0.6) is 0 Å². The summed E-state index contributed by atoms with van der Waals surface area (Å²) >= 11 is 0. The molecule has 0 aromatic heterocycles. The van der Waals surface area contributed by atoms with Crippen molar-refractivity contribution in [2.45, 2.75) is 6.92 Å². The van der Waals surface area contributed by atoms with Crippen LogP contribution in [-0.2, 0) is 9.26 Å². The fourth-order valence-corrected chi connectivity index (χ4v) is 0. The predicted molar refractivity (Wildman–Crippen MR) is 34.8 cm³/mol. The van der Waals surface area contributed by atoms with E-state index in [0.29, 0.717) is 0 Å². The van der Waals surface area contributed by atoms with Crippen LogP contribution >= 0.6 is 0 Å². The fraction of sp³-hybridized carbons (Fsp3) is 0.500. The van der Waals surface area contributed by atoms with Gasteiger partial charge in [0, 0.05) is 6.92 Å². The number of nitrogens with two attached hydrogens (primary N) is 1. The zero-order chi connectivity index (χ0) is 7.15. The second-order valence-corrected chi connectivity index (χ2v) is 1.46. The van der Waals surface area contributed by atoms with Gasteiger partial charge in [-0.15, -0.1) is 0 Å². The number of amides is 1. The first-order valence-corrected chi connectivity index (χ1v) is 2.95. The van der Waals surface area contributed by atoms with Crippen LogP contribution in [0.25, 0.3) is 0 Å². The van der Waals surface area contributed by atoms with Crippen molar-refractivity contribution >= 4 is 38.1 Å². The molecule has 0 radical (unpaired) electrons. The summed E-state index contributed by atoms with van der Waals surface area (Å²) in [5, 5.41) is 0. The van der Waals surface area contributed by atoms with E-state index in [-0.39, 0.29) is 62.8 Å².